The smallest absolute Gasteiger partial charge is 0.316 e. The lowest BCUT2D eigenvalue weighted by molar-refractivity contribution is -0.332. The van der Waals surface area contributed by atoms with Crippen molar-refractivity contribution in [1.82, 2.24) is 0 Å². The molecule has 2 bridgehead atoms. The van der Waals surface area contributed by atoms with Crippen molar-refractivity contribution in [1.29, 1.82) is 0 Å². The monoisotopic (exact) mass is 541 g/mol. The first-order valence-electron chi connectivity index (χ1n) is 14.4. The minimum atomic E-state index is -1.72. The Morgan fingerprint density at radius 1 is 1.13 bits per heavy atom. The van der Waals surface area contributed by atoms with E-state index in [1.165, 1.54) is 5.57 Å². The summed E-state index contributed by atoms with van der Waals surface area (Å²) in [6.07, 6.45) is 12.6. The number of esters is 1. The van der Waals surface area contributed by atoms with Crippen molar-refractivity contribution in [3.05, 3.63) is 47.1 Å². The number of allylic oxidation sites excluding steroid dienone is 4. The van der Waals surface area contributed by atoms with Gasteiger partial charge in [0.15, 0.2) is 5.79 Å². The number of oxime groups is 1. The molecule has 214 valence electrons. The van der Waals surface area contributed by atoms with E-state index in [4.69, 9.17) is 18.9 Å². The van der Waals surface area contributed by atoms with Crippen LogP contribution in [0, 0.1) is 17.8 Å². The quantitative estimate of drug-likeness (QED) is 0.192. The maximum absolute atomic E-state index is 13.9. The Morgan fingerprint density at radius 2 is 1.92 bits per heavy atom. The standard InChI is InChI=1S/C31H43NO7/c1-18-7-6-8-23-17-36-28-27(32-35)21(4)14-26(31(23,28)34)29(33)37-25-15-24(10-9-19(2)13-18)39-30(16-25)12-11-20(3)22(5)38-30/h6-9,14,18,20,22,24-26,28,34-35H,10-13,15-17H2,1-5H3/b7-6?,19-9?,23-8?,32-27-/t18-,20-,22+,24+,25-,26-,28+,30-,31+/m0/s1. The van der Waals surface area contributed by atoms with E-state index in [9.17, 15) is 15.1 Å². The van der Waals surface area contributed by atoms with Gasteiger partial charge >= 0.3 is 5.97 Å². The number of aliphatic hydroxyl groups is 1. The molecule has 0 aromatic carbocycles. The molecule has 0 aromatic rings. The molecule has 1 spiro atoms. The van der Waals surface area contributed by atoms with Gasteiger partial charge in [0, 0.05) is 19.3 Å². The summed E-state index contributed by atoms with van der Waals surface area (Å²) >= 11 is 0. The molecule has 5 rings (SSSR count). The minimum Gasteiger partial charge on any atom is -0.462 e. The summed E-state index contributed by atoms with van der Waals surface area (Å²) in [6.45, 7) is 10.4. The van der Waals surface area contributed by atoms with Gasteiger partial charge in [-0.05, 0) is 63.0 Å². The van der Waals surface area contributed by atoms with E-state index in [0.717, 1.165) is 19.3 Å². The number of ether oxygens (including phenoxy) is 4. The van der Waals surface area contributed by atoms with Crippen LogP contribution in [0.15, 0.2) is 52.3 Å². The Kier molecular flexibility index (Phi) is 7.94. The van der Waals surface area contributed by atoms with Crippen LogP contribution in [0.5, 0.6) is 0 Å². The fourth-order valence-corrected chi connectivity index (χ4v) is 6.85. The zero-order valence-corrected chi connectivity index (χ0v) is 23.8. The molecule has 1 aliphatic carbocycles. The summed E-state index contributed by atoms with van der Waals surface area (Å²) in [7, 11) is 0. The lowest BCUT2D eigenvalue weighted by Crippen LogP contribution is -2.57. The highest BCUT2D eigenvalue weighted by molar-refractivity contribution is 6.06. The second-order valence-corrected chi connectivity index (χ2v) is 12.4. The maximum atomic E-state index is 13.9. The fourth-order valence-electron chi connectivity index (χ4n) is 6.85. The Bertz CT molecular complexity index is 1120. The molecule has 3 fully saturated rings. The van der Waals surface area contributed by atoms with Gasteiger partial charge in [-0.3, -0.25) is 4.79 Å². The van der Waals surface area contributed by atoms with Crippen LogP contribution in [-0.2, 0) is 23.7 Å². The maximum Gasteiger partial charge on any atom is 0.316 e. The summed E-state index contributed by atoms with van der Waals surface area (Å²) < 4.78 is 25.3. The lowest BCUT2D eigenvalue weighted by Gasteiger charge is -2.49. The number of hydrogen-bond donors (Lipinski definition) is 2. The van der Waals surface area contributed by atoms with E-state index in [0.29, 0.717) is 36.3 Å². The van der Waals surface area contributed by atoms with Crippen LogP contribution in [0.1, 0.15) is 73.1 Å². The number of rotatable bonds is 0. The lowest BCUT2D eigenvalue weighted by atomic mass is 9.71. The van der Waals surface area contributed by atoms with E-state index in [1.54, 1.807) is 13.0 Å². The van der Waals surface area contributed by atoms with Gasteiger partial charge in [0.05, 0.1) is 18.8 Å². The Hall–Kier alpha value is -2.26. The molecular weight excluding hydrogens is 498 g/mol. The minimum absolute atomic E-state index is 0.0431. The van der Waals surface area contributed by atoms with Crippen LogP contribution in [-0.4, -0.2) is 64.4 Å². The molecule has 4 aliphatic heterocycles. The fraction of sp³-hybridized carbons (Fsp3) is 0.677. The predicted octanol–water partition coefficient (Wildman–Crippen LogP) is 5.00. The van der Waals surface area contributed by atoms with E-state index >= 15 is 0 Å². The van der Waals surface area contributed by atoms with Crippen molar-refractivity contribution < 1.29 is 34.1 Å². The highest BCUT2D eigenvalue weighted by atomic mass is 16.7. The van der Waals surface area contributed by atoms with Crippen molar-refractivity contribution in [3.63, 3.8) is 0 Å². The van der Waals surface area contributed by atoms with Crippen molar-refractivity contribution in [2.24, 2.45) is 22.9 Å². The van der Waals surface area contributed by atoms with Crippen molar-refractivity contribution in [2.75, 3.05) is 6.61 Å². The number of fused-ring (bicyclic) bond motifs is 2. The van der Waals surface area contributed by atoms with Gasteiger partial charge in [-0.25, -0.2) is 0 Å². The molecule has 5 aliphatic rings. The molecule has 3 saturated heterocycles. The number of carbonyl (C=O) groups is 1. The van der Waals surface area contributed by atoms with Crippen LogP contribution in [0.2, 0.25) is 0 Å². The van der Waals surface area contributed by atoms with Crippen LogP contribution < -0.4 is 0 Å². The van der Waals surface area contributed by atoms with Crippen LogP contribution in [0.3, 0.4) is 0 Å². The molecule has 0 amide bonds. The Balaban J connectivity index is 1.53. The third kappa shape index (κ3) is 5.41. The number of hydrogen-bond acceptors (Lipinski definition) is 8. The summed E-state index contributed by atoms with van der Waals surface area (Å²) in [4.78, 5) is 13.9. The molecule has 2 N–H and O–H groups in total. The van der Waals surface area contributed by atoms with Crippen LogP contribution in [0.25, 0.3) is 0 Å². The summed E-state index contributed by atoms with van der Waals surface area (Å²) in [5, 5.41) is 25.2. The van der Waals surface area contributed by atoms with Gasteiger partial charge in [0.25, 0.3) is 0 Å². The van der Waals surface area contributed by atoms with Gasteiger partial charge in [-0.2, -0.15) is 0 Å². The molecular formula is C31H43NO7. The normalized spacial score (nSPS) is 44.4. The van der Waals surface area contributed by atoms with Crippen LogP contribution >= 0.6 is 0 Å². The van der Waals surface area contributed by atoms with Crippen molar-refractivity contribution in [2.45, 2.75) is 109 Å². The molecule has 4 heterocycles. The summed E-state index contributed by atoms with van der Waals surface area (Å²) in [5.41, 5.74) is 0.916. The van der Waals surface area contributed by atoms with E-state index < -0.39 is 35.5 Å². The average molecular weight is 542 g/mol. The third-order valence-corrected chi connectivity index (χ3v) is 9.25. The van der Waals surface area contributed by atoms with E-state index in [1.807, 2.05) is 12.2 Å². The SMILES string of the molecule is CC1=CC[C@@H]2C[C@@H](C[C@]3(CC[C@H](C)[C@@H](C)O3)O2)OC(=O)[C@@H]2C=C(C)/C(=N/O)[C@H]3OCC(=CC=C[C@H](C)C1)[C@]32O. The number of carbonyl (C=O) groups excluding carboxylic acids is 1. The van der Waals surface area contributed by atoms with Crippen molar-refractivity contribution >= 4 is 11.7 Å². The van der Waals surface area contributed by atoms with E-state index in [2.05, 4.69) is 45.0 Å². The average Bonchev–Trinajstić information content (AvgIpc) is 3.21. The first kappa shape index (κ1) is 28.3. The molecule has 0 saturated carbocycles. The first-order valence-corrected chi connectivity index (χ1v) is 14.4. The Labute approximate surface area is 231 Å². The van der Waals surface area contributed by atoms with Gasteiger partial charge in [0.2, 0.25) is 0 Å². The second-order valence-electron chi connectivity index (χ2n) is 12.4. The molecule has 8 heteroatoms. The topological polar surface area (TPSA) is 107 Å². The zero-order valence-electron chi connectivity index (χ0n) is 23.8. The van der Waals surface area contributed by atoms with Gasteiger partial charge in [-0.15, -0.1) is 0 Å². The molecule has 0 unspecified atom stereocenters. The van der Waals surface area contributed by atoms with Crippen LogP contribution in [0.4, 0.5) is 0 Å². The summed E-state index contributed by atoms with van der Waals surface area (Å²) in [5.74, 6) is -1.62. The predicted molar refractivity (Wildman–Crippen MR) is 146 cm³/mol. The van der Waals surface area contributed by atoms with Gasteiger partial charge < -0.3 is 29.3 Å². The molecule has 0 radical (unpaired) electrons. The van der Waals surface area contributed by atoms with Gasteiger partial charge in [-0.1, -0.05) is 55.0 Å². The highest BCUT2D eigenvalue weighted by Crippen LogP contribution is 2.46. The Morgan fingerprint density at radius 3 is 2.67 bits per heavy atom. The van der Waals surface area contributed by atoms with Gasteiger partial charge in [0.1, 0.15) is 29.4 Å². The highest BCUT2D eigenvalue weighted by Gasteiger charge is 2.59. The first-order chi connectivity index (χ1) is 18.5. The number of nitrogens with zero attached hydrogens (tertiary/aromatic N) is 1. The van der Waals surface area contributed by atoms with Crippen molar-refractivity contribution in [3.8, 4) is 0 Å². The zero-order chi connectivity index (χ0) is 27.9. The molecule has 8 nitrogen and oxygen atoms in total. The summed E-state index contributed by atoms with van der Waals surface area (Å²) in [6, 6.07) is 0. The molecule has 0 aromatic heterocycles. The molecule has 9 atom stereocenters. The second kappa shape index (κ2) is 11.0. The largest absolute Gasteiger partial charge is 0.462 e. The molecule has 39 heavy (non-hydrogen) atoms. The third-order valence-electron chi connectivity index (χ3n) is 9.25. The van der Waals surface area contributed by atoms with E-state index in [-0.39, 0.29) is 30.4 Å².